The maximum absolute atomic E-state index is 5.91. The van der Waals surface area contributed by atoms with Gasteiger partial charge in [0.05, 0.1) is 13.2 Å². The molecule has 1 aliphatic rings. The van der Waals surface area contributed by atoms with Crippen LogP contribution in [0.2, 0.25) is 0 Å². The summed E-state index contributed by atoms with van der Waals surface area (Å²) in [4.78, 5) is 6.62. The van der Waals surface area contributed by atoms with Crippen molar-refractivity contribution in [2.45, 2.75) is 19.9 Å². The van der Waals surface area contributed by atoms with E-state index in [4.69, 9.17) is 14.2 Å². The van der Waals surface area contributed by atoms with Gasteiger partial charge in [-0.2, -0.15) is 0 Å². The molecule has 0 radical (unpaired) electrons. The summed E-state index contributed by atoms with van der Waals surface area (Å²) in [5.74, 6) is 1.70. The molecule has 2 rings (SSSR count). The lowest BCUT2D eigenvalue weighted by atomic mass is 10.2. The maximum Gasteiger partial charge on any atom is 0.191 e. The highest BCUT2D eigenvalue weighted by Gasteiger charge is 2.09. The van der Waals surface area contributed by atoms with Crippen LogP contribution in [-0.2, 0) is 16.0 Å². The molecule has 0 atom stereocenters. The van der Waals surface area contributed by atoms with Crippen LogP contribution in [0.15, 0.2) is 29.3 Å². The van der Waals surface area contributed by atoms with Crippen molar-refractivity contribution in [2.75, 3.05) is 66.3 Å². The van der Waals surface area contributed by atoms with Crippen molar-refractivity contribution in [1.82, 2.24) is 15.5 Å². The Morgan fingerprint density at radius 1 is 1.21 bits per heavy atom. The molecule has 0 aliphatic carbocycles. The predicted molar refractivity (Wildman–Crippen MR) is 124 cm³/mol. The second kappa shape index (κ2) is 15.8. The Morgan fingerprint density at radius 3 is 2.79 bits per heavy atom. The van der Waals surface area contributed by atoms with Gasteiger partial charge in [-0.3, -0.25) is 9.89 Å². The molecule has 2 N–H and O–H groups in total. The molecule has 0 amide bonds. The Balaban J connectivity index is 0.00000392. The Kier molecular flexibility index (Phi) is 14.1. The van der Waals surface area contributed by atoms with Crippen molar-refractivity contribution < 1.29 is 14.2 Å². The fraction of sp³-hybridized carbons (Fsp3) is 0.650. The monoisotopic (exact) mass is 506 g/mol. The number of morpholine rings is 1. The molecule has 0 spiro atoms. The van der Waals surface area contributed by atoms with Crippen LogP contribution in [0.5, 0.6) is 5.75 Å². The van der Waals surface area contributed by atoms with Gasteiger partial charge < -0.3 is 24.8 Å². The van der Waals surface area contributed by atoms with Gasteiger partial charge in [0, 0.05) is 53.0 Å². The van der Waals surface area contributed by atoms with E-state index in [2.05, 4.69) is 32.7 Å². The first-order chi connectivity index (χ1) is 13.3. The standard InChI is InChI=1S/C20H34N4O3.HI/c1-3-25-12-5-8-22-20(21-2)23-17-18-6-4-7-19(16-18)27-15-11-24-9-13-26-14-10-24;/h4,6-7,16H,3,5,8-15,17H2,1-2H3,(H2,21,22,23);1H. The van der Waals surface area contributed by atoms with E-state index in [-0.39, 0.29) is 24.0 Å². The van der Waals surface area contributed by atoms with Gasteiger partial charge in [-0.25, -0.2) is 0 Å². The highest BCUT2D eigenvalue weighted by atomic mass is 127. The minimum Gasteiger partial charge on any atom is -0.492 e. The lowest BCUT2D eigenvalue weighted by Crippen LogP contribution is -2.38. The number of hydrogen-bond donors (Lipinski definition) is 2. The summed E-state index contributed by atoms with van der Waals surface area (Å²) >= 11 is 0. The molecular weight excluding hydrogens is 471 g/mol. The van der Waals surface area contributed by atoms with Gasteiger partial charge >= 0.3 is 0 Å². The van der Waals surface area contributed by atoms with E-state index in [1.54, 1.807) is 7.05 Å². The molecular formula is C20H35IN4O3. The number of halogens is 1. The van der Waals surface area contributed by atoms with Crippen LogP contribution in [0, 0.1) is 0 Å². The van der Waals surface area contributed by atoms with E-state index in [1.165, 1.54) is 0 Å². The number of guanidine groups is 1. The van der Waals surface area contributed by atoms with Gasteiger partial charge in [-0.1, -0.05) is 12.1 Å². The zero-order valence-electron chi connectivity index (χ0n) is 17.1. The van der Waals surface area contributed by atoms with E-state index < -0.39 is 0 Å². The normalized spacial score (nSPS) is 15.0. The van der Waals surface area contributed by atoms with Crippen LogP contribution >= 0.6 is 24.0 Å². The topological polar surface area (TPSA) is 67.3 Å². The molecule has 0 unspecified atom stereocenters. The zero-order chi connectivity index (χ0) is 19.2. The minimum absolute atomic E-state index is 0. The van der Waals surface area contributed by atoms with Crippen molar-refractivity contribution in [3.63, 3.8) is 0 Å². The predicted octanol–water partition coefficient (Wildman–Crippen LogP) is 2.11. The zero-order valence-corrected chi connectivity index (χ0v) is 19.4. The first-order valence-corrected chi connectivity index (χ1v) is 9.86. The Morgan fingerprint density at radius 2 is 2.04 bits per heavy atom. The molecule has 0 saturated carbocycles. The maximum atomic E-state index is 5.91. The Hall–Kier alpha value is -1.10. The number of benzene rings is 1. The van der Waals surface area contributed by atoms with E-state index in [0.29, 0.717) is 13.2 Å². The van der Waals surface area contributed by atoms with E-state index in [0.717, 1.165) is 76.3 Å². The van der Waals surface area contributed by atoms with Crippen molar-refractivity contribution >= 4 is 29.9 Å². The molecule has 28 heavy (non-hydrogen) atoms. The number of hydrogen-bond acceptors (Lipinski definition) is 5. The van der Waals surface area contributed by atoms with Gasteiger partial charge in [0.2, 0.25) is 0 Å². The SMILES string of the molecule is CCOCCCNC(=NC)NCc1cccc(OCCN2CCOCC2)c1.I. The third kappa shape index (κ3) is 10.4. The number of nitrogens with one attached hydrogen (secondary N) is 2. The summed E-state index contributed by atoms with van der Waals surface area (Å²) in [6.45, 7) is 10.3. The Labute approximate surface area is 186 Å². The average molecular weight is 506 g/mol. The van der Waals surface area contributed by atoms with Crippen molar-refractivity contribution in [3.8, 4) is 5.75 Å². The Bertz CT molecular complexity index is 554. The molecule has 0 aromatic heterocycles. The van der Waals surface area contributed by atoms with E-state index in [1.807, 2.05) is 19.1 Å². The van der Waals surface area contributed by atoms with Crippen LogP contribution in [0.1, 0.15) is 18.9 Å². The molecule has 7 nitrogen and oxygen atoms in total. The van der Waals surface area contributed by atoms with E-state index in [9.17, 15) is 0 Å². The van der Waals surface area contributed by atoms with Crippen LogP contribution in [-0.4, -0.2) is 77.1 Å². The number of ether oxygens (including phenoxy) is 3. The van der Waals surface area contributed by atoms with Crippen molar-refractivity contribution in [1.29, 1.82) is 0 Å². The number of aliphatic imine (C=N–C) groups is 1. The molecule has 160 valence electrons. The molecule has 1 aromatic rings. The van der Waals surface area contributed by atoms with Gasteiger partial charge in [-0.15, -0.1) is 24.0 Å². The lowest BCUT2D eigenvalue weighted by molar-refractivity contribution is 0.0322. The molecule has 0 bridgehead atoms. The van der Waals surface area contributed by atoms with Crippen molar-refractivity contribution in [2.24, 2.45) is 4.99 Å². The van der Waals surface area contributed by atoms with E-state index >= 15 is 0 Å². The summed E-state index contributed by atoms with van der Waals surface area (Å²) in [5, 5.41) is 6.63. The summed E-state index contributed by atoms with van der Waals surface area (Å²) in [6, 6.07) is 8.20. The van der Waals surface area contributed by atoms with Crippen LogP contribution < -0.4 is 15.4 Å². The second-order valence-electron chi connectivity index (χ2n) is 6.35. The molecule has 1 saturated heterocycles. The van der Waals surface area contributed by atoms with Gasteiger partial charge in [0.1, 0.15) is 12.4 Å². The van der Waals surface area contributed by atoms with Gasteiger partial charge in [-0.05, 0) is 31.0 Å². The minimum atomic E-state index is 0. The molecule has 1 heterocycles. The van der Waals surface area contributed by atoms with Crippen LogP contribution in [0.3, 0.4) is 0 Å². The van der Waals surface area contributed by atoms with Crippen LogP contribution in [0.4, 0.5) is 0 Å². The number of rotatable bonds is 11. The first kappa shape index (κ1) is 24.9. The highest BCUT2D eigenvalue weighted by molar-refractivity contribution is 14.0. The quantitative estimate of drug-likeness (QED) is 0.208. The lowest BCUT2D eigenvalue weighted by Gasteiger charge is -2.26. The summed E-state index contributed by atoms with van der Waals surface area (Å²) in [5.41, 5.74) is 1.16. The molecule has 1 fully saturated rings. The number of nitrogens with zero attached hydrogens (tertiary/aromatic N) is 2. The fourth-order valence-corrected chi connectivity index (χ4v) is 2.79. The summed E-state index contributed by atoms with van der Waals surface area (Å²) < 4.78 is 16.6. The summed E-state index contributed by atoms with van der Waals surface area (Å²) in [7, 11) is 1.78. The van der Waals surface area contributed by atoms with Gasteiger partial charge in [0.25, 0.3) is 0 Å². The first-order valence-electron chi connectivity index (χ1n) is 9.86. The smallest absolute Gasteiger partial charge is 0.191 e. The highest BCUT2D eigenvalue weighted by Crippen LogP contribution is 2.13. The molecule has 8 heteroatoms. The van der Waals surface area contributed by atoms with Crippen molar-refractivity contribution in [3.05, 3.63) is 29.8 Å². The fourth-order valence-electron chi connectivity index (χ4n) is 2.79. The largest absolute Gasteiger partial charge is 0.492 e. The summed E-state index contributed by atoms with van der Waals surface area (Å²) in [6.07, 6.45) is 0.959. The second-order valence-corrected chi connectivity index (χ2v) is 6.35. The average Bonchev–Trinajstić information content (AvgIpc) is 2.71. The molecule has 1 aliphatic heterocycles. The third-order valence-corrected chi connectivity index (χ3v) is 4.32. The molecule has 1 aromatic carbocycles. The third-order valence-electron chi connectivity index (χ3n) is 4.32. The van der Waals surface area contributed by atoms with Gasteiger partial charge in [0.15, 0.2) is 5.96 Å². The van der Waals surface area contributed by atoms with Crippen LogP contribution in [0.25, 0.3) is 0 Å².